The number of hydrogen-bond donors (Lipinski definition) is 2. The Bertz CT molecular complexity index is 1450. The maximum absolute atomic E-state index is 13.7. The first-order chi connectivity index (χ1) is 16.9. The molecular formula is C22H19ClFN5O5S. The van der Waals surface area contributed by atoms with Gasteiger partial charge >= 0.3 is 0 Å². The Hall–Kier alpha value is -3.77. The van der Waals surface area contributed by atoms with E-state index in [9.17, 15) is 14.0 Å². The molecule has 2 aromatic heterocycles. The molecule has 0 fully saturated rings. The van der Waals surface area contributed by atoms with Crippen molar-refractivity contribution in [1.29, 1.82) is 0 Å². The molecule has 0 aliphatic rings. The third kappa shape index (κ3) is 4.88. The van der Waals surface area contributed by atoms with Gasteiger partial charge in [-0.1, -0.05) is 23.4 Å². The molecule has 182 valence electrons. The number of amides is 1. The van der Waals surface area contributed by atoms with Crippen molar-refractivity contribution in [2.24, 2.45) is 0 Å². The first kappa shape index (κ1) is 24.4. The summed E-state index contributed by atoms with van der Waals surface area (Å²) in [4.78, 5) is 30.3. The quantitative estimate of drug-likeness (QED) is 0.267. The maximum Gasteiger partial charge on any atom is 0.269 e. The number of thioether (sulfide) groups is 1. The zero-order valence-corrected chi connectivity index (χ0v) is 20.3. The molecule has 0 saturated heterocycles. The summed E-state index contributed by atoms with van der Waals surface area (Å²) in [5.41, 5.74) is 0.528. The molecule has 0 saturated carbocycles. The van der Waals surface area contributed by atoms with Gasteiger partial charge in [-0.2, -0.15) is 5.10 Å². The van der Waals surface area contributed by atoms with Crippen LogP contribution in [0.1, 0.15) is 0 Å². The number of benzene rings is 2. The number of carbonyl (C=O) groups is 1. The lowest BCUT2D eigenvalue weighted by molar-refractivity contribution is -0.113. The second-order valence-corrected chi connectivity index (χ2v) is 8.37. The van der Waals surface area contributed by atoms with Gasteiger partial charge in [0.1, 0.15) is 11.2 Å². The number of ether oxygens (including phenoxy) is 3. The molecule has 13 heteroatoms. The summed E-state index contributed by atoms with van der Waals surface area (Å²) >= 11 is 6.93. The summed E-state index contributed by atoms with van der Waals surface area (Å²) in [6.07, 6.45) is 1.35. The molecular weight excluding hydrogens is 501 g/mol. The Morgan fingerprint density at radius 1 is 1.17 bits per heavy atom. The molecule has 0 aliphatic heterocycles. The molecule has 10 nitrogen and oxygen atoms in total. The fourth-order valence-electron chi connectivity index (χ4n) is 3.30. The first-order valence-electron chi connectivity index (χ1n) is 10.0. The SMILES string of the molecule is COc1cc(NC(=O)CSc2nc3[nH]ncc3c(=O)n2-c2ccc(F)c(Cl)c2)cc(OC)c1OC. The van der Waals surface area contributed by atoms with E-state index in [2.05, 4.69) is 20.5 Å². The molecule has 2 N–H and O–H groups in total. The van der Waals surface area contributed by atoms with E-state index >= 15 is 0 Å². The van der Waals surface area contributed by atoms with Crippen molar-refractivity contribution >= 4 is 46.0 Å². The van der Waals surface area contributed by atoms with Crippen LogP contribution in [-0.2, 0) is 4.79 Å². The molecule has 0 unspecified atom stereocenters. The molecule has 2 heterocycles. The molecule has 1 amide bonds. The Morgan fingerprint density at radius 3 is 2.51 bits per heavy atom. The van der Waals surface area contributed by atoms with Gasteiger partial charge in [-0.25, -0.2) is 9.37 Å². The number of methoxy groups -OCH3 is 3. The number of rotatable bonds is 8. The van der Waals surface area contributed by atoms with Crippen LogP contribution in [-0.4, -0.2) is 52.7 Å². The second kappa shape index (κ2) is 10.2. The van der Waals surface area contributed by atoms with Gasteiger partial charge in [-0.05, 0) is 18.2 Å². The number of H-pyrrole nitrogens is 1. The molecule has 0 bridgehead atoms. The largest absolute Gasteiger partial charge is 0.493 e. The third-order valence-corrected chi connectivity index (χ3v) is 6.12. The first-order valence-corrected chi connectivity index (χ1v) is 11.4. The maximum atomic E-state index is 13.7. The van der Waals surface area contributed by atoms with Crippen molar-refractivity contribution in [3.8, 4) is 22.9 Å². The van der Waals surface area contributed by atoms with Gasteiger partial charge in [-0.3, -0.25) is 19.3 Å². The Labute approximate surface area is 207 Å². The molecule has 0 aliphatic carbocycles. The van der Waals surface area contributed by atoms with E-state index in [-0.39, 0.29) is 32.9 Å². The minimum absolute atomic E-state index is 0.0995. The normalized spacial score (nSPS) is 10.9. The molecule has 4 aromatic rings. The van der Waals surface area contributed by atoms with E-state index in [1.807, 2.05) is 0 Å². The zero-order valence-electron chi connectivity index (χ0n) is 18.7. The molecule has 0 spiro atoms. The van der Waals surface area contributed by atoms with Gasteiger partial charge in [0.15, 0.2) is 22.3 Å². The summed E-state index contributed by atoms with van der Waals surface area (Å²) in [6, 6.07) is 7.04. The highest BCUT2D eigenvalue weighted by molar-refractivity contribution is 7.99. The predicted molar refractivity (Wildman–Crippen MR) is 130 cm³/mol. The number of carbonyl (C=O) groups excluding carboxylic acids is 1. The summed E-state index contributed by atoms with van der Waals surface area (Å²) in [5.74, 6) is 0.0389. The number of hydrogen-bond acceptors (Lipinski definition) is 8. The predicted octanol–water partition coefficient (Wildman–Crippen LogP) is 3.66. The summed E-state index contributed by atoms with van der Waals surface area (Å²) < 4.78 is 30.8. The Balaban J connectivity index is 1.62. The van der Waals surface area contributed by atoms with E-state index in [0.717, 1.165) is 17.8 Å². The van der Waals surface area contributed by atoms with Crippen LogP contribution in [0.25, 0.3) is 16.7 Å². The van der Waals surface area contributed by atoms with Crippen molar-refractivity contribution in [3.05, 3.63) is 57.7 Å². The highest BCUT2D eigenvalue weighted by atomic mass is 35.5. The van der Waals surface area contributed by atoms with E-state index in [1.54, 1.807) is 12.1 Å². The molecule has 2 aromatic carbocycles. The molecule has 0 radical (unpaired) electrons. The van der Waals surface area contributed by atoms with Gasteiger partial charge < -0.3 is 19.5 Å². The molecule has 35 heavy (non-hydrogen) atoms. The Kier molecular flexibility index (Phi) is 7.12. The van der Waals surface area contributed by atoms with Crippen LogP contribution in [0.15, 0.2) is 46.5 Å². The minimum Gasteiger partial charge on any atom is -0.493 e. The van der Waals surface area contributed by atoms with E-state index in [0.29, 0.717) is 28.6 Å². The Morgan fingerprint density at radius 2 is 1.89 bits per heavy atom. The van der Waals surface area contributed by atoms with Crippen LogP contribution in [0.5, 0.6) is 17.2 Å². The fourth-order valence-corrected chi connectivity index (χ4v) is 4.28. The lowest BCUT2D eigenvalue weighted by Gasteiger charge is -2.15. The summed E-state index contributed by atoms with van der Waals surface area (Å²) in [5, 5.41) is 9.53. The summed E-state index contributed by atoms with van der Waals surface area (Å²) in [7, 11) is 4.42. The van der Waals surface area contributed by atoms with E-state index in [1.165, 1.54) is 44.2 Å². The van der Waals surface area contributed by atoms with Crippen molar-refractivity contribution in [1.82, 2.24) is 19.7 Å². The van der Waals surface area contributed by atoms with Crippen LogP contribution in [0.4, 0.5) is 10.1 Å². The zero-order chi connectivity index (χ0) is 25.1. The number of anilines is 1. The van der Waals surface area contributed by atoms with Gasteiger partial charge in [0, 0.05) is 17.8 Å². The standard InChI is InChI=1S/C22H19ClFN5O5S/c1-32-16-6-11(7-17(33-2)19(16)34-3)26-18(30)10-35-22-27-20-13(9-25-28-20)21(31)29(22)12-4-5-15(24)14(23)8-12/h4-9H,10H2,1-3H3,(H,25,28)(H,26,30). The average Bonchev–Trinajstić information content (AvgIpc) is 3.33. The highest BCUT2D eigenvalue weighted by Crippen LogP contribution is 2.40. The van der Waals surface area contributed by atoms with E-state index < -0.39 is 11.4 Å². The van der Waals surface area contributed by atoms with Crippen molar-refractivity contribution in [2.45, 2.75) is 5.16 Å². The number of halogens is 2. The lowest BCUT2D eigenvalue weighted by Crippen LogP contribution is -2.22. The van der Waals surface area contributed by atoms with Crippen LogP contribution in [0.2, 0.25) is 5.02 Å². The topological polar surface area (TPSA) is 120 Å². The number of nitrogens with zero attached hydrogens (tertiary/aromatic N) is 3. The van der Waals surface area contributed by atoms with Gasteiger partial charge in [0.2, 0.25) is 11.7 Å². The van der Waals surface area contributed by atoms with Crippen molar-refractivity contribution < 1.29 is 23.4 Å². The second-order valence-electron chi connectivity index (χ2n) is 7.02. The highest BCUT2D eigenvalue weighted by Gasteiger charge is 2.18. The van der Waals surface area contributed by atoms with Crippen LogP contribution in [0.3, 0.4) is 0 Å². The minimum atomic E-state index is -0.625. The van der Waals surface area contributed by atoms with Crippen LogP contribution in [0, 0.1) is 5.82 Å². The molecule has 4 rings (SSSR count). The number of fused-ring (bicyclic) bond motifs is 1. The van der Waals surface area contributed by atoms with Crippen molar-refractivity contribution in [3.63, 3.8) is 0 Å². The van der Waals surface area contributed by atoms with Crippen LogP contribution < -0.4 is 25.1 Å². The van der Waals surface area contributed by atoms with Crippen LogP contribution >= 0.6 is 23.4 Å². The fraction of sp³-hybridized carbons (Fsp3) is 0.182. The van der Waals surface area contributed by atoms with Gasteiger partial charge in [-0.15, -0.1) is 0 Å². The molecule has 0 atom stereocenters. The summed E-state index contributed by atoms with van der Waals surface area (Å²) in [6.45, 7) is 0. The average molecular weight is 520 g/mol. The van der Waals surface area contributed by atoms with Crippen molar-refractivity contribution in [2.75, 3.05) is 32.4 Å². The monoisotopic (exact) mass is 519 g/mol. The third-order valence-electron chi connectivity index (χ3n) is 4.89. The smallest absolute Gasteiger partial charge is 0.269 e. The number of nitrogens with one attached hydrogen (secondary N) is 2. The van der Waals surface area contributed by atoms with E-state index in [4.69, 9.17) is 25.8 Å². The number of aromatic amines is 1. The van der Waals surface area contributed by atoms with Gasteiger partial charge in [0.05, 0.1) is 44.0 Å². The lowest BCUT2D eigenvalue weighted by atomic mass is 10.2. The van der Waals surface area contributed by atoms with Gasteiger partial charge in [0.25, 0.3) is 5.56 Å². The number of aromatic nitrogens is 4.